The number of nitrogens with two attached hydrogens (primary N) is 1. The molecule has 1 heterocycles. The molecule has 6 nitrogen and oxygen atoms in total. The summed E-state index contributed by atoms with van der Waals surface area (Å²) in [4.78, 5) is 8.02. The lowest BCUT2D eigenvalue weighted by atomic mass is 10.2. The summed E-state index contributed by atoms with van der Waals surface area (Å²) in [5.41, 5.74) is 6.18. The summed E-state index contributed by atoms with van der Waals surface area (Å²) >= 11 is 0. The summed E-state index contributed by atoms with van der Waals surface area (Å²) in [5.74, 6) is 1.69. The van der Waals surface area contributed by atoms with Crippen LogP contribution >= 0.6 is 0 Å². The molecule has 2 aromatic rings. The zero-order valence-electron chi connectivity index (χ0n) is 10.4. The first kappa shape index (κ1) is 12.6. The fourth-order valence-electron chi connectivity index (χ4n) is 1.49. The van der Waals surface area contributed by atoms with Crippen LogP contribution in [0, 0.1) is 11.3 Å². The standard InChI is InChI=1S/C13H13N5O/c1-2-16-11-7-12(18-13(15)17-11)19-10-5-3-9(8-14)4-6-10/h3-7H,2H2,1H3,(H3,15,16,17,18). The molecule has 0 amide bonds. The molecular formula is C13H13N5O. The summed E-state index contributed by atoms with van der Waals surface area (Å²) in [6.07, 6.45) is 0. The molecular weight excluding hydrogens is 242 g/mol. The van der Waals surface area contributed by atoms with Gasteiger partial charge >= 0.3 is 0 Å². The zero-order valence-corrected chi connectivity index (χ0v) is 10.4. The van der Waals surface area contributed by atoms with Crippen molar-refractivity contribution in [1.29, 1.82) is 5.26 Å². The van der Waals surface area contributed by atoms with E-state index in [0.717, 1.165) is 6.54 Å². The molecule has 0 spiro atoms. The predicted octanol–water partition coefficient (Wildman–Crippen LogP) is 2.15. The summed E-state index contributed by atoms with van der Waals surface area (Å²) in [6.45, 7) is 2.69. The van der Waals surface area contributed by atoms with Gasteiger partial charge in [-0.3, -0.25) is 0 Å². The molecule has 0 unspecified atom stereocenters. The Labute approximate surface area is 110 Å². The number of hydrogen-bond donors (Lipinski definition) is 2. The second-order valence-electron chi connectivity index (χ2n) is 3.72. The van der Waals surface area contributed by atoms with Crippen molar-refractivity contribution in [2.75, 3.05) is 17.6 Å². The van der Waals surface area contributed by atoms with E-state index < -0.39 is 0 Å². The van der Waals surface area contributed by atoms with E-state index in [1.54, 1.807) is 30.3 Å². The molecule has 0 saturated carbocycles. The second-order valence-corrected chi connectivity index (χ2v) is 3.72. The quantitative estimate of drug-likeness (QED) is 0.868. The first-order chi connectivity index (χ1) is 9.21. The SMILES string of the molecule is CCNc1cc(Oc2ccc(C#N)cc2)nc(N)n1. The number of benzene rings is 1. The van der Waals surface area contributed by atoms with Gasteiger partial charge in [0.25, 0.3) is 0 Å². The van der Waals surface area contributed by atoms with E-state index in [9.17, 15) is 0 Å². The molecule has 0 aliphatic rings. The number of nitrogens with one attached hydrogen (secondary N) is 1. The van der Waals surface area contributed by atoms with Crippen molar-refractivity contribution in [3.63, 3.8) is 0 Å². The first-order valence-corrected chi connectivity index (χ1v) is 5.77. The Morgan fingerprint density at radius 2 is 2.05 bits per heavy atom. The minimum Gasteiger partial charge on any atom is -0.439 e. The second kappa shape index (κ2) is 5.69. The van der Waals surface area contributed by atoms with E-state index in [1.807, 2.05) is 13.0 Å². The maximum Gasteiger partial charge on any atom is 0.226 e. The van der Waals surface area contributed by atoms with Gasteiger partial charge in [0.05, 0.1) is 11.6 Å². The minimum atomic E-state index is 0.141. The third-order valence-electron chi connectivity index (χ3n) is 2.28. The van der Waals surface area contributed by atoms with E-state index in [0.29, 0.717) is 23.0 Å². The molecule has 0 bridgehead atoms. The average molecular weight is 255 g/mol. The molecule has 2 rings (SSSR count). The predicted molar refractivity (Wildman–Crippen MR) is 71.8 cm³/mol. The largest absolute Gasteiger partial charge is 0.439 e. The molecule has 6 heteroatoms. The van der Waals surface area contributed by atoms with Gasteiger partial charge in [0.1, 0.15) is 11.6 Å². The van der Waals surface area contributed by atoms with Crippen LogP contribution in [0.15, 0.2) is 30.3 Å². The van der Waals surface area contributed by atoms with Crippen LogP contribution in [0.4, 0.5) is 11.8 Å². The molecule has 0 aliphatic carbocycles. The van der Waals surface area contributed by atoms with Crippen molar-refractivity contribution in [3.05, 3.63) is 35.9 Å². The highest BCUT2D eigenvalue weighted by Crippen LogP contribution is 2.22. The van der Waals surface area contributed by atoms with E-state index >= 15 is 0 Å². The van der Waals surface area contributed by atoms with Crippen LogP contribution < -0.4 is 15.8 Å². The Bertz CT molecular complexity index is 603. The third-order valence-corrected chi connectivity index (χ3v) is 2.28. The lowest BCUT2D eigenvalue weighted by Crippen LogP contribution is -2.04. The molecule has 0 radical (unpaired) electrons. The van der Waals surface area contributed by atoms with Gasteiger partial charge in [-0.2, -0.15) is 15.2 Å². The molecule has 3 N–H and O–H groups in total. The monoisotopic (exact) mass is 255 g/mol. The van der Waals surface area contributed by atoms with Crippen molar-refractivity contribution in [3.8, 4) is 17.7 Å². The summed E-state index contributed by atoms with van der Waals surface area (Å²) in [6, 6.07) is 10.4. The number of anilines is 2. The number of ether oxygens (including phenoxy) is 1. The molecule has 1 aromatic heterocycles. The maximum atomic E-state index is 8.71. The Morgan fingerprint density at radius 1 is 1.32 bits per heavy atom. The van der Waals surface area contributed by atoms with Crippen LogP contribution in [0.3, 0.4) is 0 Å². The Balaban J connectivity index is 2.20. The molecule has 19 heavy (non-hydrogen) atoms. The Morgan fingerprint density at radius 3 is 2.68 bits per heavy atom. The lowest BCUT2D eigenvalue weighted by molar-refractivity contribution is 0.463. The molecule has 1 aromatic carbocycles. The van der Waals surface area contributed by atoms with Gasteiger partial charge in [-0.25, -0.2) is 0 Å². The minimum absolute atomic E-state index is 0.141. The number of nitrogens with zero attached hydrogens (tertiary/aromatic N) is 3. The lowest BCUT2D eigenvalue weighted by Gasteiger charge is -2.08. The van der Waals surface area contributed by atoms with Crippen molar-refractivity contribution in [2.45, 2.75) is 6.92 Å². The van der Waals surface area contributed by atoms with E-state index in [-0.39, 0.29) is 5.95 Å². The Hall–Kier alpha value is -2.81. The van der Waals surface area contributed by atoms with Gasteiger partial charge in [-0.05, 0) is 31.2 Å². The summed E-state index contributed by atoms with van der Waals surface area (Å²) in [5, 5.41) is 11.8. The van der Waals surface area contributed by atoms with Crippen LogP contribution in [-0.2, 0) is 0 Å². The maximum absolute atomic E-state index is 8.71. The summed E-state index contributed by atoms with van der Waals surface area (Å²) in [7, 11) is 0. The van der Waals surface area contributed by atoms with Gasteiger partial charge in [-0.1, -0.05) is 0 Å². The van der Waals surface area contributed by atoms with Crippen LogP contribution in [0.1, 0.15) is 12.5 Å². The molecule has 96 valence electrons. The molecule has 0 aliphatic heterocycles. The van der Waals surface area contributed by atoms with Gasteiger partial charge < -0.3 is 15.8 Å². The topological polar surface area (TPSA) is 96.8 Å². The van der Waals surface area contributed by atoms with E-state index in [1.165, 1.54) is 0 Å². The zero-order chi connectivity index (χ0) is 13.7. The number of nitrogen functional groups attached to an aromatic ring is 1. The average Bonchev–Trinajstić information content (AvgIpc) is 2.39. The first-order valence-electron chi connectivity index (χ1n) is 5.77. The molecule has 0 fully saturated rings. The Kier molecular flexibility index (Phi) is 3.78. The highest BCUT2D eigenvalue weighted by molar-refractivity contribution is 5.44. The van der Waals surface area contributed by atoms with Crippen molar-refractivity contribution in [1.82, 2.24) is 9.97 Å². The van der Waals surface area contributed by atoms with Gasteiger partial charge in [0.2, 0.25) is 11.8 Å². The smallest absolute Gasteiger partial charge is 0.226 e. The fraction of sp³-hybridized carbons (Fsp3) is 0.154. The van der Waals surface area contributed by atoms with Crippen molar-refractivity contribution >= 4 is 11.8 Å². The molecule has 0 saturated heterocycles. The summed E-state index contributed by atoms with van der Waals surface area (Å²) < 4.78 is 5.57. The van der Waals surface area contributed by atoms with Crippen molar-refractivity contribution < 1.29 is 4.74 Å². The van der Waals surface area contributed by atoms with Crippen LogP contribution in [-0.4, -0.2) is 16.5 Å². The normalized spacial score (nSPS) is 9.68. The fourth-order valence-corrected chi connectivity index (χ4v) is 1.49. The van der Waals surface area contributed by atoms with Crippen LogP contribution in [0.2, 0.25) is 0 Å². The van der Waals surface area contributed by atoms with Crippen molar-refractivity contribution in [2.24, 2.45) is 0 Å². The van der Waals surface area contributed by atoms with E-state index in [2.05, 4.69) is 15.3 Å². The number of rotatable bonds is 4. The number of aromatic nitrogens is 2. The molecule has 0 atom stereocenters. The third kappa shape index (κ3) is 3.33. The highest BCUT2D eigenvalue weighted by atomic mass is 16.5. The van der Waals surface area contributed by atoms with E-state index in [4.69, 9.17) is 15.7 Å². The van der Waals surface area contributed by atoms with Gasteiger partial charge in [-0.15, -0.1) is 0 Å². The van der Waals surface area contributed by atoms with Gasteiger partial charge in [0.15, 0.2) is 0 Å². The van der Waals surface area contributed by atoms with Gasteiger partial charge in [0, 0.05) is 12.6 Å². The van der Waals surface area contributed by atoms with Crippen LogP contribution in [0.5, 0.6) is 11.6 Å². The number of hydrogen-bond acceptors (Lipinski definition) is 6. The number of nitriles is 1. The highest BCUT2D eigenvalue weighted by Gasteiger charge is 2.04. The van der Waals surface area contributed by atoms with Crippen LogP contribution in [0.25, 0.3) is 0 Å².